The summed E-state index contributed by atoms with van der Waals surface area (Å²) in [5.41, 5.74) is 0.652. The number of para-hydroxylation sites is 1. The molecule has 1 aromatic heterocycles. The molecule has 0 aliphatic carbocycles. The van der Waals surface area contributed by atoms with Crippen LogP contribution in [0.15, 0.2) is 53.6 Å². The van der Waals surface area contributed by atoms with Gasteiger partial charge in [-0.25, -0.2) is 4.98 Å². The second-order valence-electron chi connectivity index (χ2n) is 6.69. The highest BCUT2D eigenvalue weighted by atomic mass is 32.2. The van der Waals surface area contributed by atoms with Gasteiger partial charge in [0.05, 0.1) is 5.69 Å². The number of anilines is 2. The fourth-order valence-corrected chi connectivity index (χ4v) is 4.59. The lowest BCUT2D eigenvalue weighted by Crippen LogP contribution is -2.51. The SMILES string of the molecule is O=C(CN1C(=O)[C@H](C(=O)N2CCCC2)Sc2ccccc21)Nc1ccccn1. The average molecular weight is 396 g/mol. The van der Waals surface area contributed by atoms with Crippen LogP contribution in [0.2, 0.25) is 0 Å². The highest BCUT2D eigenvalue weighted by molar-refractivity contribution is 8.01. The van der Waals surface area contributed by atoms with Crippen molar-refractivity contribution in [1.29, 1.82) is 0 Å². The molecule has 2 aliphatic heterocycles. The standard InChI is InChI=1S/C20H20N4O3S/c25-17(22-16-9-3-4-10-21-16)13-24-14-7-1-2-8-15(14)28-18(20(24)27)19(26)23-11-5-6-12-23/h1-4,7-10,18H,5-6,11-13H2,(H,21,22,25)/t18-/m0/s1. The molecule has 2 aliphatic rings. The quantitative estimate of drug-likeness (QED) is 0.801. The van der Waals surface area contributed by atoms with Crippen molar-refractivity contribution in [3.8, 4) is 0 Å². The molecule has 1 fully saturated rings. The van der Waals surface area contributed by atoms with E-state index in [0.717, 1.165) is 17.7 Å². The van der Waals surface area contributed by atoms with Gasteiger partial charge in [0.15, 0.2) is 5.25 Å². The van der Waals surface area contributed by atoms with E-state index in [0.29, 0.717) is 24.6 Å². The lowest BCUT2D eigenvalue weighted by Gasteiger charge is -2.34. The summed E-state index contributed by atoms with van der Waals surface area (Å²) in [5.74, 6) is -0.459. The maximum Gasteiger partial charge on any atom is 0.250 e. The van der Waals surface area contributed by atoms with Crippen LogP contribution in [0.25, 0.3) is 0 Å². The Bertz CT molecular complexity index is 899. The smallest absolute Gasteiger partial charge is 0.250 e. The molecule has 8 heteroatoms. The number of likely N-dealkylation sites (tertiary alicyclic amines) is 1. The Morgan fingerprint density at radius 2 is 1.86 bits per heavy atom. The first kappa shape index (κ1) is 18.5. The summed E-state index contributed by atoms with van der Waals surface area (Å²) in [4.78, 5) is 46.6. The molecular formula is C20H20N4O3S. The first-order chi connectivity index (χ1) is 13.6. The van der Waals surface area contributed by atoms with E-state index in [1.54, 1.807) is 35.4 Å². The normalized spacial score (nSPS) is 18.7. The third kappa shape index (κ3) is 3.73. The summed E-state index contributed by atoms with van der Waals surface area (Å²) in [6.45, 7) is 1.20. The minimum absolute atomic E-state index is 0.169. The first-order valence-electron chi connectivity index (χ1n) is 9.20. The maximum absolute atomic E-state index is 13.1. The van der Waals surface area contributed by atoms with Crippen molar-refractivity contribution in [2.24, 2.45) is 0 Å². The van der Waals surface area contributed by atoms with Crippen LogP contribution in [-0.4, -0.2) is 52.5 Å². The zero-order chi connectivity index (χ0) is 19.5. The predicted molar refractivity (Wildman–Crippen MR) is 107 cm³/mol. The van der Waals surface area contributed by atoms with Crippen LogP contribution < -0.4 is 10.2 Å². The minimum atomic E-state index is -0.851. The summed E-state index contributed by atoms with van der Waals surface area (Å²) in [7, 11) is 0. The number of nitrogens with one attached hydrogen (secondary N) is 1. The number of carbonyl (C=O) groups is 3. The van der Waals surface area contributed by atoms with Crippen molar-refractivity contribution in [2.75, 3.05) is 29.9 Å². The highest BCUT2D eigenvalue weighted by Gasteiger charge is 2.41. The third-order valence-electron chi connectivity index (χ3n) is 4.77. The molecule has 2 aromatic rings. The maximum atomic E-state index is 13.1. The molecule has 28 heavy (non-hydrogen) atoms. The Hall–Kier alpha value is -2.87. The number of amides is 3. The number of nitrogens with zero attached hydrogens (tertiary/aromatic N) is 3. The number of carbonyl (C=O) groups excluding carboxylic acids is 3. The zero-order valence-corrected chi connectivity index (χ0v) is 16.0. The van der Waals surface area contributed by atoms with Crippen molar-refractivity contribution in [1.82, 2.24) is 9.88 Å². The second kappa shape index (κ2) is 8.02. The number of benzene rings is 1. The summed E-state index contributed by atoms with van der Waals surface area (Å²) < 4.78 is 0. The number of fused-ring (bicyclic) bond motifs is 1. The van der Waals surface area contributed by atoms with Crippen LogP contribution in [0.5, 0.6) is 0 Å². The molecule has 0 bridgehead atoms. The molecular weight excluding hydrogens is 376 g/mol. The fourth-order valence-electron chi connectivity index (χ4n) is 3.40. The van der Waals surface area contributed by atoms with E-state index in [-0.39, 0.29) is 24.3 Å². The third-order valence-corrected chi connectivity index (χ3v) is 6.01. The van der Waals surface area contributed by atoms with Gasteiger partial charge in [-0.05, 0) is 37.1 Å². The van der Waals surface area contributed by atoms with Crippen molar-refractivity contribution in [2.45, 2.75) is 23.0 Å². The topological polar surface area (TPSA) is 82.6 Å². The van der Waals surface area contributed by atoms with E-state index in [2.05, 4.69) is 10.3 Å². The fraction of sp³-hybridized carbons (Fsp3) is 0.300. The van der Waals surface area contributed by atoms with Crippen molar-refractivity contribution in [3.63, 3.8) is 0 Å². The molecule has 3 heterocycles. The van der Waals surface area contributed by atoms with Gasteiger partial charge < -0.3 is 15.1 Å². The minimum Gasteiger partial charge on any atom is -0.341 e. The van der Waals surface area contributed by atoms with Crippen LogP contribution >= 0.6 is 11.8 Å². The molecule has 0 spiro atoms. The van der Waals surface area contributed by atoms with E-state index >= 15 is 0 Å². The van der Waals surface area contributed by atoms with Gasteiger partial charge in [-0.3, -0.25) is 14.4 Å². The Balaban J connectivity index is 1.56. The molecule has 0 saturated carbocycles. The van der Waals surface area contributed by atoms with E-state index < -0.39 is 5.25 Å². The van der Waals surface area contributed by atoms with Crippen LogP contribution in [0, 0.1) is 0 Å². The lowest BCUT2D eigenvalue weighted by atomic mass is 10.2. The molecule has 0 radical (unpaired) electrons. The second-order valence-corrected chi connectivity index (χ2v) is 7.83. The van der Waals surface area contributed by atoms with Crippen LogP contribution in [0.1, 0.15) is 12.8 Å². The van der Waals surface area contributed by atoms with Crippen LogP contribution in [0.3, 0.4) is 0 Å². The Kier molecular flexibility index (Phi) is 5.29. The lowest BCUT2D eigenvalue weighted by molar-refractivity contribution is -0.134. The Morgan fingerprint density at radius 3 is 2.61 bits per heavy atom. The van der Waals surface area contributed by atoms with Crippen LogP contribution in [-0.2, 0) is 14.4 Å². The number of hydrogen-bond donors (Lipinski definition) is 1. The molecule has 1 saturated heterocycles. The van der Waals surface area contributed by atoms with Gasteiger partial charge in [0.25, 0.3) is 5.91 Å². The summed E-state index contributed by atoms with van der Waals surface area (Å²) in [5, 5.41) is 1.84. The van der Waals surface area contributed by atoms with Crippen molar-refractivity contribution in [3.05, 3.63) is 48.7 Å². The van der Waals surface area contributed by atoms with E-state index in [1.807, 2.05) is 18.2 Å². The summed E-state index contributed by atoms with van der Waals surface area (Å²) in [6.07, 6.45) is 3.51. The van der Waals surface area contributed by atoms with Gasteiger partial charge in [0.1, 0.15) is 12.4 Å². The van der Waals surface area contributed by atoms with Gasteiger partial charge in [-0.15, -0.1) is 11.8 Å². The predicted octanol–water partition coefficient (Wildman–Crippen LogP) is 2.15. The monoisotopic (exact) mass is 396 g/mol. The van der Waals surface area contributed by atoms with Gasteiger partial charge in [0, 0.05) is 24.2 Å². The molecule has 1 atom stereocenters. The number of aromatic nitrogens is 1. The molecule has 3 amide bonds. The molecule has 7 nitrogen and oxygen atoms in total. The number of pyridine rings is 1. The zero-order valence-electron chi connectivity index (χ0n) is 15.2. The Morgan fingerprint density at radius 1 is 1.11 bits per heavy atom. The molecule has 4 rings (SSSR count). The molecule has 1 aromatic carbocycles. The molecule has 0 unspecified atom stereocenters. The summed E-state index contributed by atoms with van der Waals surface area (Å²) in [6, 6.07) is 12.6. The van der Waals surface area contributed by atoms with E-state index in [1.165, 1.54) is 16.7 Å². The number of rotatable bonds is 4. The number of thioether (sulfide) groups is 1. The Labute approximate surface area is 167 Å². The largest absolute Gasteiger partial charge is 0.341 e. The molecule has 1 N–H and O–H groups in total. The van der Waals surface area contributed by atoms with Gasteiger partial charge >= 0.3 is 0 Å². The van der Waals surface area contributed by atoms with Gasteiger partial charge in [0.2, 0.25) is 11.8 Å². The van der Waals surface area contributed by atoms with Gasteiger partial charge in [-0.1, -0.05) is 18.2 Å². The average Bonchev–Trinajstić information content (AvgIpc) is 3.25. The first-order valence-corrected chi connectivity index (χ1v) is 10.1. The molecule has 144 valence electrons. The van der Waals surface area contributed by atoms with E-state index in [4.69, 9.17) is 0 Å². The number of hydrogen-bond acceptors (Lipinski definition) is 5. The van der Waals surface area contributed by atoms with Crippen molar-refractivity contribution >= 4 is 41.0 Å². The summed E-state index contributed by atoms with van der Waals surface area (Å²) >= 11 is 1.27. The van der Waals surface area contributed by atoms with Crippen LogP contribution in [0.4, 0.5) is 11.5 Å². The van der Waals surface area contributed by atoms with Gasteiger partial charge in [-0.2, -0.15) is 0 Å². The highest BCUT2D eigenvalue weighted by Crippen LogP contribution is 2.39. The van der Waals surface area contributed by atoms with Crippen molar-refractivity contribution < 1.29 is 14.4 Å². The van der Waals surface area contributed by atoms with E-state index in [9.17, 15) is 14.4 Å².